The monoisotopic (exact) mass is 302 g/mol. The third-order valence-corrected chi connectivity index (χ3v) is 4.37. The van der Waals surface area contributed by atoms with Gasteiger partial charge in [-0.2, -0.15) is 0 Å². The lowest BCUT2D eigenvalue weighted by Crippen LogP contribution is -2.38. The molecule has 0 heterocycles. The molecule has 0 bridgehead atoms. The van der Waals surface area contributed by atoms with E-state index in [2.05, 4.69) is 12.2 Å². The van der Waals surface area contributed by atoms with Gasteiger partial charge in [-0.1, -0.05) is 50.3 Å². The topological polar surface area (TPSA) is 66.4 Å². The molecule has 1 aliphatic carbocycles. The fraction of sp³-hybridized carbons (Fsp3) is 0.500. The molecule has 1 fully saturated rings. The van der Waals surface area contributed by atoms with E-state index in [4.69, 9.17) is 0 Å². The zero-order valence-corrected chi connectivity index (χ0v) is 12.9. The van der Waals surface area contributed by atoms with E-state index in [-0.39, 0.29) is 5.78 Å². The van der Waals surface area contributed by atoms with E-state index in [0.717, 1.165) is 31.2 Å². The van der Waals surface area contributed by atoms with E-state index in [1.807, 2.05) is 18.2 Å². The number of Topliss-reactive ketones (excluding diaryl/α,β-unsaturated/α-hetero) is 1. The van der Waals surface area contributed by atoms with Crippen molar-refractivity contribution >= 4 is 17.4 Å². The Morgan fingerprint density at radius 3 is 2.55 bits per heavy atom. The van der Waals surface area contributed by atoms with Crippen LogP contribution in [0, 0.1) is 12.8 Å². The van der Waals surface area contributed by atoms with Crippen LogP contribution >= 0.6 is 0 Å². The number of rotatable bonds is 7. The smallest absolute Gasteiger partial charge is 0.333 e. The van der Waals surface area contributed by atoms with Gasteiger partial charge in [-0.3, -0.25) is 4.79 Å². The van der Waals surface area contributed by atoms with Crippen LogP contribution in [0.25, 0.3) is 0 Å². The number of benzene rings is 1. The Balaban J connectivity index is 2.05. The number of nitrogens with one attached hydrogen (secondary N) is 1. The van der Waals surface area contributed by atoms with Gasteiger partial charge in [0, 0.05) is 12.1 Å². The fourth-order valence-electron chi connectivity index (χ4n) is 3.11. The number of carboxylic acid groups (broad SMARTS) is 1. The summed E-state index contributed by atoms with van der Waals surface area (Å²) in [4.78, 5) is 23.9. The van der Waals surface area contributed by atoms with Crippen molar-refractivity contribution in [3.05, 3.63) is 36.8 Å². The summed E-state index contributed by atoms with van der Waals surface area (Å²) in [6.45, 7) is 3.83. The van der Waals surface area contributed by atoms with E-state index in [0.29, 0.717) is 24.4 Å². The molecule has 4 nitrogen and oxygen atoms in total. The van der Waals surface area contributed by atoms with E-state index in [1.165, 1.54) is 6.42 Å². The molecule has 1 atom stereocenters. The number of carbonyl (C=O) groups is 2. The van der Waals surface area contributed by atoms with Gasteiger partial charge in [0.05, 0.1) is 0 Å². The van der Waals surface area contributed by atoms with Crippen molar-refractivity contribution in [1.29, 1.82) is 0 Å². The minimum Gasteiger partial charge on any atom is -0.479 e. The van der Waals surface area contributed by atoms with Crippen molar-refractivity contribution in [2.45, 2.75) is 51.0 Å². The summed E-state index contributed by atoms with van der Waals surface area (Å²) in [5, 5.41) is 12.3. The molecule has 1 saturated carbocycles. The Kier molecular flexibility index (Phi) is 5.99. The Morgan fingerprint density at radius 1 is 1.23 bits per heavy atom. The molecule has 4 heteroatoms. The predicted molar refractivity (Wildman–Crippen MR) is 86.7 cm³/mol. The molecule has 2 rings (SSSR count). The lowest BCUT2D eigenvalue weighted by atomic mass is 9.84. The summed E-state index contributed by atoms with van der Waals surface area (Å²) >= 11 is 0. The van der Waals surface area contributed by atoms with Gasteiger partial charge in [-0.05, 0) is 30.9 Å². The van der Waals surface area contributed by atoms with Crippen LogP contribution in [0.2, 0.25) is 0 Å². The van der Waals surface area contributed by atoms with Crippen LogP contribution in [0.5, 0.6) is 0 Å². The van der Waals surface area contributed by atoms with Crippen molar-refractivity contribution in [3.8, 4) is 0 Å². The largest absolute Gasteiger partial charge is 0.479 e. The number of hydrogen-bond acceptors (Lipinski definition) is 3. The van der Waals surface area contributed by atoms with Crippen LogP contribution in [0.1, 0.15) is 44.1 Å². The normalized spacial score (nSPS) is 17.0. The molecule has 0 spiro atoms. The molecule has 1 aliphatic rings. The van der Waals surface area contributed by atoms with Crippen LogP contribution in [0.4, 0.5) is 5.69 Å². The molecule has 1 unspecified atom stereocenters. The molecule has 22 heavy (non-hydrogen) atoms. The lowest BCUT2D eigenvalue weighted by Gasteiger charge is -2.23. The van der Waals surface area contributed by atoms with Crippen LogP contribution in [0.3, 0.4) is 0 Å². The number of hydrogen-bond donors (Lipinski definition) is 2. The molecule has 1 aromatic carbocycles. The van der Waals surface area contributed by atoms with Crippen molar-refractivity contribution in [2.75, 3.05) is 5.32 Å². The standard InChI is InChI=1S/C18H24NO3/c1-2-14-10-6-7-11-15(14)19-17(18(21)22)16(20)12-13-8-4-3-5-9-13/h6-7,10-11,13,17,19H,1-5,8-9,12H2,(H,21,22). The summed E-state index contributed by atoms with van der Waals surface area (Å²) in [7, 11) is 0. The summed E-state index contributed by atoms with van der Waals surface area (Å²) < 4.78 is 0. The Hall–Kier alpha value is -1.84. The van der Waals surface area contributed by atoms with Crippen molar-refractivity contribution in [1.82, 2.24) is 0 Å². The number of anilines is 1. The van der Waals surface area contributed by atoms with Gasteiger partial charge in [0.25, 0.3) is 0 Å². The molecule has 0 amide bonds. The summed E-state index contributed by atoms with van der Waals surface area (Å²) in [6, 6.07) is 6.22. The first-order valence-corrected chi connectivity index (χ1v) is 8.01. The minimum absolute atomic E-state index is 0.224. The van der Waals surface area contributed by atoms with Crippen LogP contribution in [0.15, 0.2) is 24.3 Å². The minimum atomic E-state index is -1.17. The highest BCUT2D eigenvalue weighted by Crippen LogP contribution is 2.27. The number of ketones is 1. The molecule has 0 aromatic heterocycles. The first-order chi connectivity index (χ1) is 10.6. The van der Waals surface area contributed by atoms with E-state index in [1.54, 1.807) is 6.07 Å². The van der Waals surface area contributed by atoms with Gasteiger partial charge in [-0.25, -0.2) is 4.79 Å². The van der Waals surface area contributed by atoms with Gasteiger partial charge < -0.3 is 10.4 Å². The fourth-order valence-corrected chi connectivity index (χ4v) is 3.11. The van der Waals surface area contributed by atoms with E-state index < -0.39 is 12.0 Å². The highest BCUT2D eigenvalue weighted by atomic mass is 16.4. The molecule has 1 aromatic rings. The third kappa shape index (κ3) is 4.33. The van der Waals surface area contributed by atoms with Gasteiger partial charge in [0.1, 0.15) is 0 Å². The lowest BCUT2D eigenvalue weighted by molar-refractivity contribution is -0.141. The summed E-state index contributed by atoms with van der Waals surface area (Å²) in [5.41, 5.74) is 1.60. The Bertz CT molecular complexity index is 521. The summed E-state index contributed by atoms with van der Waals surface area (Å²) in [5.74, 6) is -0.995. The first kappa shape index (κ1) is 16.5. The predicted octanol–water partition coefficient (Wildman–Crippen LogP) is 3.47. The average Bonchev–Trinajstić information content (AvgIpc) is 2.53. The van der Waals surface area contributed by atoms with Crippen LogP contribution in [-0.4, -0.2) is 22.9 Å². The quantitative estimate of drug-likeness (QED) is 0.757. The van der Waals surface area contributed by atoms with Gasteiger partial charge in [0.15, 0.2) is 11.8 Å². The maximum absolute atomic E-state index is 12.4. The zero-order valence-electron chi connectivity index (χ0n) is 12.9. The highest BCUT2D eigenvalue weighted by Gasteiger charge is 2.29. The maximum atomic E-state index is 12.4. The molecular formula is C18H24NO3. The molecule has 2 N–H and O–H groups in total. The second-order valence-corrected chi connectivity index (χ2v) is 6.00. The van der Waals surface area contributed by atoms with Gasteiger partial charge in [0.2, 0.25) is 0 Å². The molecule has 0 saturated heterocycles. The van der Waals surface area contributed by atoms with Crippen molar-refractivity contribution in [2.24, 2.45) is 5.92 Å². The first-order valence-electron chi connectivity index (χ1n) is 8.01. The Morgan fingerprint density at radius 2 is 1.91 bits per heavy atom. The second-order valence-electron chi connectivity index (χ2n) is 6.00. The third-order valence-electron chi connectivity index (χ3n) is 4.37. The van der Waals surface area contributed by atoms with Crippen LogP contribution in [-0.2, 0) is 16.0 Å². The van der Waals surface area contributed by atoms with Gasteiger partial charge in [-0.15, -0.1) is 0 Å². The number of aliphatic carboxylic acids is 1. The van der Waals surface area contributed by atoms with Crippen LogP contribution < -0.4 is 5.32 Å². The van der Waals surface area contributed by atoms with Crippen molar-refractivity contribution in [3.63, 3.8) is 0 Å². The van der Waals surface area contributed by atoms with E-state index >= 15 is 0 Å². The molecule has 0 aliphatic heterocycles. The van der Waals surface area contributed by atoms with Crippen molar-refractivity contribution < 1.29 is 14.7 Å². The summed E-state index contributed by atoms with van der Waals surface area (Å²) in [6.07, 6.45) is 6.49. The highest BCUT2D eigenvalue weighted by molar-refractivity contribution is 6.05. The number of carbonyl (C=O) groups excluding carboxylic acids is 1. The Labute approximate surface area is 131 Å². The maximum Gasteiger partial charge on any atom is 0.333 e. The van der Waals surface area contributed by atoms with Gasteiger partial charge >= 0.3 is 5.97 Å². The number of para-hydroxylation sites is 1. The molecule has 1 radical (unpaired) electrons. The molecule has 119 valence electrons. The SMILES string of the molecule is [CH2]Cc1ccccc1NC(C(=O)O)C(=O)CC1CCCCC1. The number of carboxylic acids is 1. The average molecular weight is 302 g/mol. The zero-order chi connectivity index (χ0) is 15.9. The van der Waals surface area contributed by atoms with E-state index in [9.17, 15) is 14.7 Å². The molecular weight excluding hydrogens is 278 g/mol. The second kappa shape index (κ2) is 7.97.